The molecule has 1 amide bonds. The summed E-state index contributed by atoms with van der Waals surface area (Å²) in [5, 5.41) is 13.3. The van der Waals surface area contributed by atoms with Crippen molar-refractivity contribution in [2.45, 2.75) is 51.0 Å². The zero-order chi connectivity index (χ0) is 15.7. The van der Waals surface area contributed by atoms with Crippen LogP contribution in [0.3, 0.4) is 0 Å². The number of hydrogen-bond acceptors (Lipinski definition) is 3. The van der Waals surface area contributed by atoms with Gasteiger partial charge in [-0.25, -0.2) is 4.98 Å². The number of nitrogens with one attached hydrogen (secondary N) is 1. The van der Waals surface area contributed by atoms with Gasteiger partial charge in [0.05, 0.1) is 23.1 Å². The molecule has 5 heteroatoms. The second kappa shape index (κ2) is 5.72. The van der Waals surface area contributed by atoms with E-state index in [1.165, 1.54) is 0 Å². The fourth-order valence-corrected chi connectivity index (χ4v) is 3.29. The molecule has 1 fully saturated rings. The summed E-state index contributed by atoms with van der Waals surface area (Å²) in [6.07, 6.45) is 4.77. The van der Waals surface area contributed by atoms with Gasteiger partial charge in [-0.05, 0) is 38.0 Å². The number of aryl methyl sites for hydroxylation is 2. The van der Waals surface area contributed by atoms with Crippen molar-refractivity contribution in [2.24, 2.45) is 7.05 Å². The Morgan fingerprint density at radius 3 is 2.82 bits per heavy atom. The lowest BCUT2D eigenvalue weighted by Gasteiger charge is -2.31. The summed E-state index contributed by atoms with van der Waals surface area (Å²) >= 11 is 0. The van der Waals surface area contributed by atoms with Crippen molar-refractivity contribution in [1.29, 1.82) is 0 Å². The van der Waals surface area contributed by atoms with Crippen molar-refractivity contribution in [3.63, 3.8) is 0 Å². The summed E-state index contributed by atoms with van der Waals surface area (Å²) in [7, 11) is 1.97. The van der Waals surface area contributed by atoms with Gasteiger partial charge < -0.3 is 15.0 Å². The van der Waals surface area contributed by atoms with E-state index in [0.717, 1.165) is 54.6 Å². The molecule has 0 aliphatic heterocycles. The van der Waals surface area contributed by atoms with Gasteiger partial charge in [0.2, 0.25) is 5.91 Å². The van der Waals surface area contributed by atoms with E-state index < -0.39 is 5.60 Å². The van der Waals surface area contributed by atoms with Gasteiger partial charge in [0.25, 0.3) is 0 Å². The first-order valence-corrected chi connectivity index (χ1v) is 7.92. The maximum atomic E-state index is 12.2. The lowest BCUT2D eigenvalue weighted by atomic mass is 9.82. The maximum Gasteiger partial charge on any atom is 0.227 e. The van der Waals surface area contributed by atoms with Crippen LogP contribution in [0.25, 0.3) is 11.0 Å². The van der Waals surface area contributed by atoms with Gasteiger partial charge in [0, 0.05) is 12.7 Å². The number of benzene rings is 1. The van der Waals surface area contributed by atoms with Crippen LogP contribution >= 0.6 is 0 Å². The zero-order valence-corrected chi connectivity index (χ0v) is 13.2. The summed E-state index contributed by atoms with van der Waals surface area (Å²) in [6.45, 7) is 1.96. The number of rotatable bonds is 3. The highest BCUT2D eigenvalue weighted by Crippen LogP contribution is 2.31. The van der Waals surface area contributed by atoms with Gasteiger partial charge in [-0.3, -0.25) is 4.79 Å². The van der Waals surface area contributed by atoms with Crippen LogP contribution in [0.2, 0.25) is 0 Å². The number of carbonyl (C=O) groups excluding carboxylic acids is 1. The van der Waals surface area contributed by atoms with Crippen LogP contribution in [-0.4, -0.2) is 26.2 Å². The van der Waals surface area contributed by atoms with Crippen molar-refractivity contribution >= 4 is 22.6 Å². The maximum absolute atomic E-state index is 12.2. The highest BCUT2D eigenvalue weighted by atomic mass is 16.3. The number of imidazole rings is 1. The molecule has 1 aromatic heterocycles. The first-order chi connectivity index (χ1) is 10.5. The third-order valence-electron chi connectivity index (χ3n) is 4.66. The van der Waals surface area contributed by atoms with Crippen LogP contribution in [0.5, 0.6) is 0 Å². The summed E-state index contributed by atoms with van der Waals surface area (Å²) in [5.74, 6) is 0.811. The number of hydrogen-bond donors (Lipinski definition) is 2. The number of fused-ring (bicyclic) bond motifs is 1. The van der Waals surface area contributed by atoms with E-state index in [2.05, 4.69) is 10.3 Å². The average Bonchev–Trinajstić information content (AvgIpc) is 2.73. The van der Waals surface area contributed by atoms with Crippen molar-refractivity contribution in [3.05, 3.63) is 24.0 Å². The number of carbonyl (C=O) groups is 1. The van der Waals surface area contributed by atoms with Crippen LogP contribution < -0.4 is 5.32 Å². The lowest BCUT2D eigenvalue weighted by Crippen LogP contribution is -2.35. The largest absolute Gasteiger partial charge is 0.389 e. The van der Waals surface area contributed by atoms with E-state index in [4.69, 9.17) is 0 Å². The number of anilines is 1. The standard InChI is InChI=1S/C17H23N3O2/c1-12-18-14-10-13(6-7-15(14)20(12)2)19-16(21)11-17(22)8-4-3-5-9-17/h6-7,10,22H,3-5,8-9,11H2,1-2H3,(H,19,21). The van der Waals surface area contributed by atoms with Crippen LogP contribution in [0, 0.1) is 6.92 Å². The number of aliphatic hydroxyl groups is 1. The van der Waals surface area contributed by atoms with Gasteiger partial charge >= 0.3 is 0 Å². The molecule has 1 aliphatic rings. The summed E-state index contributed by atoms with van der Waals surface area (Å²) in [4.78, 5) is 16.7. The van der Waals surface area contributed by atoms with E-state index in [0.29, 0.717) is 0 Å². The Morgan fingerprint density at radius 1 is 1.36 bits per heavy atom. The average molecular weight is 301 g/mol. The molecule has 2 N–H and O–H groups in total. The Balaban J connectivity index is 1.71. The third kappa shape index (κ3) is 2.99. The minimum absolute atomic E-state index is 0.128. The second-order valence-electron chi connectivity index (χ2n) is 6.43. The molecule has 118 valence electrons. The highest BCUT2D eigenvalue weighted by molar-refractivity contribution is 5.93. The van der Waals surface area contributed by atoms with E-state index >= 15 is 0 Å². The van der Waals surface area contributed by atoms with Crippen LogP contribution in [0.4, 0.5) is 5.69 Å². The predicted octanol–water partition coefficient (Wildman–Crippen LogP) is 2.91. The normalized spacial score (nSPS) is 17.6. The first-order valence-electron chi connectivity index (χ1n) is 7.92. The molecular weight excluding hydrogens is 278 g/mol. The van der Waals surface area contributed by atoms with E-state index in [1.54, 1.807) is 0 Å². The van der Waals surface area contributed by atoms with Crippen molar-refractivity contribution in [2.75, 3.05) is 5.32 Å². The van der Waals surface area contributed by atoms with Gasteiger partial charge in [-0.1, -0.05) is 19.3 Å². The molecule has 0 bridgehead atoms. The molecule has 0 spiro atoms. The van der Waals surface area contributed by atoms with Crippen molar-refractivity contribution < 1.29 is 9.90 Å². The molecule has 1 saturated carbocycles. The molecule has 1 aliphatic carbocycles. The molecule has 3 rings (SSSR count). The van der Waals surface area contributed by atoms with Crippen LogP contribution in [0.15, 0.2) is 18.2 Å². The Kier molecular flexibility index (Phi) is 3.91. The SMILES string of the molecule is Cc1nc2cc(NC(=O)CC3(O)CCCCC3)ccc2n1C. The van der Waals surface area contributed by atoms with E-state index in [-0.39, 0.29) is 12.3 Å². The van der Waals surface area contributed by atoms with Crippen molar-refractivity contribution in [1.82, 2.24) is 9.55 Å². The highest BCUT2D eigenvalue weighted by Gasteiger charge is 2.31. The van der Waals surface area contributed by atoms with Crippen LogP contribution in [-0.2, 0) is 11.8 Å². The molecule has 0 saturated heterocycles. The Morgan fingerprint density at radius 2 is 2.09 bits per heavy atom. The Labute approximate surface area is 130 Å². The topological polar surface area (TPSA) is 67.2 Å². The smallest absolute Gasteiger partial charge is 0.227 e. The van der Waals surface area contributed by atoms with Gasteiger partial charge in [0.15, 0.2) is 0 Å². The second-order valence-corrected chi connectivity index (χ2v) is 6.43. The van der Waals surface area contributed by atoms with Crippen LogP contribution in [0.1, 0.15) is 44.3 Å². The quantitative estimate of drug-likeness (QED) is 0.916. The molecule has 22 heavy (non-hydrogen) atoms. The fraction of sp³-hybridized carbons (Fsp3) is 0.529. The summed E-state index contributed by atoms with van der Waals surface area (Å²) in [5.41, 5.74) is 1.82. The Bertz CT molecular complexity index is 699. The van der Waals surface area contributed by atoms with Crippen molar-refractivity contribution in [3.8, 4) is 0 Å². The molecular formula is C17H23N3O2. The third-order valence-corrected chi connectivity index (χ3v) is 4.66. The number of aromatic nitrogens is 2. The lowest BCUT2D eigenvalue weighted by molar-refractivity contribution is -0.122. The fourth-order valence-electron chi connectivity index (χ4n) is 3.29. The molecule has 0 radical (unpaired) electrons. The predicted molar refractivity (Wildman–Crippen MR) is 86.7 cm³/mol. The summed E-state index contributed by atoms with van der Waals surface area (Å²) in [6, 6.07) is 5.72. The van der Waals surface area contributed by atoms with E-state index in [1.807, 2.05) is 36.7 Å². The van der Waals surface area contributed by atoms with Gasteiger partial charge in [-0.15, -0.1) is 0 Å². The van der Waals surface area contributed by atoms with Gasteiger partial charge in [-0.2, -0.15) is 0 Å². The molecule has 1 aromatic carbocycles. The molecule has 0 atom stereocenters. The minimum atomic E-state index is -0.825. The molecule has 5 nitrogen and oxygen atoms in total. The van der Waals surface area contributed by atoms with Gasteiger partial charge in [0.1, 0.15) is 5.82 Å². The Hall–Kier alpha value is -1.88. The minimum Gasteiger partial charge on any atom is -0.389 e. The monoisotopic (exact) mass is 301 g/mol. The molecule has 1 heterocycles. The molecule has 0 unspecified atom stereocenters. The molecule has 2 aromatic rings. The first kappa shape index (κ1) is 15.0. The number of amides is 1. The summed E-state index contributed by atoms with van der Waals surface area (Å²) < 4.78 is 2.02. The van der Waals surface area contributed by atoms with E-state index in [9.17, 15) is 9.90 Å². The number of nitrogens with zero attached hydrogens (tertiary/aromatic N) is 2. The zero-order valence-electron chi connectivity index (χ0n) is 13.2.